The van der Waals surface area contributed by atoms with Gasteiger partial charge in [0.05, 0.1) is 13.2 Å². The molecule has 1 unspecified atom stereocenters. The summed E-state index contributed by atoms with van der Waals surface area (Å²) < 4.78 is 4.73. The standard InChI is InChI=1S/C11H16N2O2S2/c1-7-9(11(14)15-3)12-10(17-7)8-6-16-5-4-13(8)2/h8H,4-6H2,1-3H3. The quantitative estimate of drug-likeness (QED) is 0.770. The maximum Gasteiger partial charge on any atom is 0.357 e. The number of hydrogen-bond acceptors (Lipinski definition) is 6. The number of aromatic nitrogens is 1. The number of rotatable bonds is 2. The van der Waals surface area contributed by atoms with Crippen LogP contribution < -0.4 is 0 Å². The van der Waals surface area contributed by atoms with Crippen LogP contribution >= 0.6 is 23.1 Å². The minimum absolute atomic E-state index is 0.329. The molecule has 1 aromatic rings. The zero-order chi connectivity index (χ0) is 12.4. The van der Waals surface area contributed by atoms with Crippen LogP contribution in [0.15, 0.2) is 0 Å². The van der Waals surface area contributed by atoms with Crippen LogP contribution in [0.3, 0.4) is 0 Å². The highest BCUT2D eigenvalue weighted by Crippen LogP contribution is 2.32. The molecule has 0 amide bonds. The number of thioether (sulfide) groups is 1. The van der Waals surface area contributed by atoms with E-state index in [-0.39, 0.29) is 5.97 Å². The van der Waals surface area contributed by atoms with Crippen molar-refractivity contribution in [1.29, 1.82) is 0 Å². The first-order valence-electron chi connectivity index (χ1n) is 5.47. The molecular formula is C11H16N2O2S2. The lowest BCUT2D eigenvalue weighted by molar-refractivity contribution is 0.0593. The van der Waals surface area contributed by atoms with E-state index in [1.54, 1.807) is 11.3 Å². The van der Waals surface area contributed by atoms with Gasteiger partial charge in [-0.2, -0.15) is 11.8 Å². The Balaban J connectivity index is 2.24. The van der Waals surface area contributed by atoms with Crippen molar-refractivity contribution in [1.82, 2.24) is 9.88 Å². The lowest BCUT2D eigenvalue weighted by atomic mass is 10.3. The molecule has 0 bridgehead atoms. The Hall–Kier alpha value is -0.590. The smallest absolute Gasteiger partial charge is 0.357 e. The molecule has 6 heteroatoms. The predicted molar refractivity (Wildman–Crippen MR) is 70.9 cm³/mol. The molecule has 1 aliphatic heterocycles. The maximum atomic E-state index is 11.5. The van der Waals surface area contributed by atoms with Gasteiger partial charge in [0.2, 0.25) is 0 Å². The second kappa shape index (κ2) is 5.37. The van der Waals surface area contributed by atoms with E-state index >= 15 is 0 Å². The van der Waals surface area contributed by atoms with Crippen molar-refractivity contribution in [3.63, 3.8) is 0 Å². The minimum atomic E-state index is -0.337. The van der Waals surface area contributed by atoms with Gasteiger partial charge >= 0.3 is 5.97 Å². The molecule has 2 heterocycles. The van der Waals surface area contributed by atoms with E-state index in [0.29, 0.717) is 11.7 Å². The maximum absolute atomic E-state index is 11.5. The number of carbonyl (C=O) groups excluding carboxylic acids is 1. The van der Waals surface area contributed by atoms with E-state index in [0.717, 1.165) is 22.2 Å². The third-order valence-corrected chi connectivity index (χ3v) is 4.97. The van der Waals surface area contributed by atoms with Crippen molar-refractivity contribution in [3.8, 4) is 0 Å². The number of aryl methyl sites for hydroxylation is 1. The Morgan fingerprint density at radius 3 is 3.00 bits per heavy atom. The van der Waals surface area contributed by atoms with Gasteiger partial charge < -0.3 is 4.74 Å². The Kier molecular flexibility index (Phi) is 4.06. The van der Waals surface area contributed by atoms with Gasteiger partial charge in [-0.15, -0.1) is 11.3 Å². The zero-order valence-electron chi connectivity index (χ0n) is 10.2. The van der Waals surface area contributed by atoms with E-state index in [2.05, 4.69) is 16.9 Å². The number of carbonyl (C=O) groups is 1. The van der Waals surface area contributed by atoms with Gasteiger partial charge in [0.15, 0.2) is 5.69 Å². The summed E-state index contributed by atoms with van der Waals surface area (Å²) in [6.07, 6.45) is 0. The van der Waals surface area contributed by atoms with Crippen molar-refractivity contribution in [2.24, 2.45) is 0 Å². The van der Waals surface area contributed by atoms with Crippen LogP contribution in [0.1, 0.15) is 26.4 Å². The Bertz CT molecular complexity index is 420. The fraction of sp³-hybridized carbons (Fsp3) is 0.636. The zero-order valence-corrected chi connectivity index (χ0v) is 11.9. The van der Waals surface area contributed by atoms with Crippen LogP contribution in [0.5, 0.6) is 0 Å². The summed E-state index contributed by atoms with van der Waals surface area (Å²) >= 11 is 3.54. The lowest BCUT2D eigenvalue weighted by Crippen LogP contribution is -2.32. The van der Waals surface area contributed by atoms with Crippen molar-refractivity contribution in [3.05, 3.63) is 15.6 Å². The van der Waals surface area contributed by atoms with Crippen molar-refractivity contribution in [2.45, 2.75) is 13.0 Å². The van der Waals surface area contributed by atoms with Crippen LogP contribution in [-0.2, 0) is 4.74 Å². The van der Waals surface area contributed by atoms with Gasteiger partial charge in [0, 0.05) is 22.9 Å². The number of hydrogen-bond donors (Lipinski definition) is 0. The molecule has 0 N–H and O–H groups in total. The average Bonchev–Trinajstić information content (AvgIpc) is 2.71. The van der Waals surface area contributed by atoms with Gasteiger partial charge in [0.25, 0.3) is 0 Å². The molecule has 2 rings (SSSR count). The van der Waals surface area contributed by atoms with Gasteiger partial charge in [0.1, 0.15) is 5.01 Å². The fourth-order valence-corrected chi connectivity index (χ4v) is 4.19. The van der Waals surface area contributed by atoms with E-state index < -0.39 is 0 Å². The molecule has 17 heavy (non-hydrogen) atoms. The van der Waals surface area contributed by atoms with Crippen LogP contribution in [-0.4, -0.2) is 48.1 Å². The summed E-state index contributed by atoms with van der Waals surface area (Å²) in [5, 5.41) is 1.03. The first kappa shape index (κ1) is 12.9. The molecule has 94 valence electrons. The molecule has 1 fully saturated rings. The van der Waals surface area contributed by atoms with Crippen molar-refractivity contribution < 1.29 is 9.53 Å². The second-order valence-electron chi connectivity index (χ2n) is 4.02. The summed E-state index contributed by atoms with van der Waals surface area (Å²) in [7, 11) is 3.50. The van der Waals surface area contributed by atoms with E-state index in [9.17, 15) is 4.79 Å². The van der Waals surface area contributed by atoms with E-state index in [1.165, 1.54) is 12.9 Å². The number of thiazole rings is 1. The summed E-state index contributed by atoms with van der Waals surface area (Å²) in [5.41, 5.74) is 0.469. The number of esters is 1. The molecular weight excluding hydrogens is 256 g/mol. The summed E-state index contributed by atoms with van der Waals surface area (Å²) in [6, 6.07) is 0.329. The van der Waals surface area contributed by atoms with Crippen molar-refractivity contribution in [2.75, 3.05) is 32.2 Å². The van der Waals surface area contributed by atoms with Gasteiger partial charge in [-0.25, -0.2) is 9.78 Å². The second-order valence-corrected chi connectivity index (χ2v) is 6.40. The highest BCUT2D eigenvalue weighted by Gasteiger charge is 2.26. The monoisotopic (exact) mass is 272 g/mol. The van der Waals surface area contributed by atoms with E-state index in [4.69, 9.17) is 4.74 Å². The fourth-order valence-electron chi connectivity index (χ4n) is 1.79. The first-order chi connectivity index (χ1) is 8.13. The minimum Gasteiger partial charge on any atom is -0.464 e. The van der Waals surface area contributed by atoms with Crippen LogP contribution in [0.25, 0.3) is 0 Å². The molecule has 0 aliphatic carbocycles. The molecule has 1 atom stereocenters. The Morgan fingerprint density at radius 1 is 1.59 bits per heavy atom. The van der Waals surface area contributed by atoms with Crippen molar-refractivity contribution >= 4 is 29.1 Å². The topological polar surface area (TPSA) is 42.4 Å². The summed E-state index contributed by atoms with van der Waals surface area (Å²) in [6.45, 7) is 2.99. The predicted octanol–water partition coefficient (Wildman–Crippen LogP) is 1.96. The largest absolute Gasteiger partial charge is 0.464 e. The molecule has 1 saturated heterocycles. The normalized spacial score (nSPS) is 21.5. The molecule has 0 aromatic carbocycles. The average molecular weight is 272 g/mol. The molecule has 1 aliphatic rings. The van der Waals surface area contributed by atoms with Crippen LogP contribution in [0.4, 0.5) is 0 Å². The summed E-state index contributed by atoms with van der Waals surface area (Å²) in [5.74, 6) is 1.88. The third-order valence-electron chi connectivity index (χ3n) is 2.87. The van der Waals surface area contributed by atoms with Crippen LogP contribution in [0, 0.1) is 6.92 Å². The Morgan fingerprint density at radius 2 is 2.35 bits per heavy atom. The lowest BCUT2D eigenvalue weighted by Gasteiger charge is -2.30. The highest BCUT2D eigenvalue weighted by atomic mass is 32.2. The molecule has 4 nitrogen and oxygen atoms in total. The molecule has 0 spiro atoms. The molecule has 0 radical (unpaired) electrons. The highest BCUT2D eigenvalue weighted by molar-refractivity contribution is 7.99. The van der Waals surface area contributed by atoms with Gasteiger partial charge in [-0.1, -0.05) is 0 Å². The van der Waals surface area contributed by atoms with E-state index in [1.807, 2.05) is 18.7 Å². The number of nitrogens with zero attached hydrogens (tertiary/aromatic N) is 2. The number of methoxy groups -OCH3 is 1. The third kappa shape index (κ3) is 2.64. The van der Waals surface area contributed by atoms with Gasteiger partial charge in [-0.05, 0) is 14.0 Å². The SMILES string of the molecule is COC(=O)c1nc(C2CSCCN2C)sc1C. The van der Waals surface area contributed by atoms with Gasteiger partial charge in [-0.3, -0.25) is 4.90 Å². The Labute approximate surface area is 109 Å². The summed E-state index contributed by atoms with van der Waals surface area (Å²) in [4.78, 5) is 19.2. The molecule has 1 aromatic heterocycles. The van der Waals surface area contributed by atoms with Crippen LogP contribution in [0.2, 0.25) is 0 Å². The number of ether oxygens (including phenoxy) is 1. The molecule has 0 saturated carbocycles. The first-order valence-corrected chi connectivity index (χ1v) is 7.44.